The van der Waals surface area contributed by atoms with Crippen molar-refractivity contribution in [1.29, 1.82) is 0 Å². The van der Waals surface area contributed by atoms with Crippen molar-refractivity contribution >= 4 is 29.7 Å². The number of hydrogen-bond acceptors (Lipinski definition) is 6. The number of carbonyl (C=O) groups is 3. The van der Waals surface area contributed by atoms with Crippen LogP contribution in [-0.2, 0) is 14.3 Å². The number of carboxylic acid groups (broad SMARTS) is 1. The summed E-state index contributed by atoms with van der Waals surface area (Å²) in [6, 6.07) is -1.35. The van der Waals surface area contributed by atoms with Crippen LogP contribution in [0.5, 0.6) is 0 Å². The number of halogens is 1. The van der Waals surface area contributed by atoms with Crippen LogP contribution in [-0.4, -0.2) is 63.2 Å². The second-order valence-electron chi connectivity index (χ2n) is 9.61. The Hall–Kier alpha value is -1.62. The van der Waals surface area contributed by atoms with Gasteiger partial charge in [-0.2, -0.15) is 0 Å². The first kappa shape index (κ1) is 28.4. The number of aliphatic hydroxyl groups is 2. The number of carbonyl (C=O) groups excluding carboxylic acids is 2. The largest absolute Gasteiger partial charge is 0.570 e. The number of ether oxygens (including phenoxy) is 1. The van der Waals surface area contributed by atoms with Crippen LogP contribution in [0.1, 0.15) is 72.1 Å². The fourth-order valence-electron chi connectivity index (χ4n) is 3.47. The summed E-state index contributed by atoms with van der Waals surface area (Å²) < 4.78 is 5.08. The van der Waals surface area contributed by atoms with Crippen LogP contribution in [0.4, 0.5) is 4.79 Å². The number of hydrogen-bond donors (Lipinski definition) is 5. The van der Waals surface area contributed by atoms with Crippen molar-refractivity contribution < 1.29 is 34.4 Å². The topological polar surface area (TPSA) is 173 Å². The molecule has 0 aromatic carbocycles. The van der Waals surface area contributed by atoms with Crippen molar-refractivity contribution in [2.75, 3.05) is 0 Å². The molecule has 2 rings (SSSR count). The minimum Gasteiger partial charge on any atom is -0.570 e. The molecule has 10 nitrogen and oxygen atoms in total. The highest BCUT2D eigenvalue weighted by Crippen LogP contribution is 2.33. The first-order valence-corrected chi connectivity index (χ1v) is 11.4. The van der Waals surface area contributed by atoms with E-state index in [1.165, 1.54) is 6.42 Å². The van der Waals surface area contributed by atoms with Crippen LogP contribution >= 0.6 is 11.8 Å². The fourth-order valence-corrected chi connectivity index (χ4v) is 3.65. The summed E-state index contributed by atoms with van der Waals surface area (Å²) >= 11 is 5.29. The number of aliphatic carboxylic acids is 1. The average molecular weight is 479 g/mol. The van der Waals surface area contributed by atoms with E-state index < -0.39 is 47.9 Å². The number of nitrogens with one attached hydrogen (secondary N) is 1. The maximum atomic E-state index is 11.6. The summed E-state index contributed by atoms with van der Waals surface area (Å²) in [5.74, 6) is -1.18. The lowest BCUT2D eigenvalue weighted by molar-refractivity contribution is -0.148. The van der Waals surface area contributed by atoms with Gasteiger partial charge in [0.25, 0.3) is 0 Å². The monoisotopic (exact) mass is 478 g/mol. The molecule has 11 heteroatoms. The van der Waals surface area contributed by atoms with Crippen molar-refractivity contribution in [3.05, 3.63) is 4.84 Å². The molecule has 186 valence electrons. The van der Waals surface area contributed by atoms with Gasteiger partial charge in [0.05, 0.1) is 6.04 Å². The van der Waals surface area contributed by atoms with Crippen molar-refractivity contribution in [2.45, 2.75) is 102 Å². The summed E-state index contributed by atoms with van der Waals surface area (Å²) in [6.07, 6.45) is 4.21. The molecule has 0 spiro atoms. The van der Waals surface area contributed by atoms with Crippen LogP contribution < -0.4 is 11.1 Å². The molecular weight excluding hydrogens is 442 g/mol. The highest BCUT2D eigenvalue weighted by Gasteiger charge is 2.33. The zero-order valence-corrected chi connectivity index (χ0v) is 19.8. The quantitative estimate of drug-likeness (QED) is 0.320. The van der Waals surface area contributed by atoms with Crippen LogP contribution in [0.25, 0.3) is 4.84 Å². The Labute approximate surface area is 194 Å². The smallest absolute Gasteiger partial charge is 0.407 e. The summed E-state index contributed by atoms with van der Waals surface area (Å²) in [5, 5.41) is 30.3. The number of nitrogens with zero attached hydrogens (tertiary/aromatic N) is 1. The molecule has 2 saturated carbocycles. The minimum absolute atomic E-state index is 0.369. The van der Waals surface area contributed by atoms with Crippen molar-refractivity contribution in [2.24, 2.45) is 17.6 Å². The summed E-state index contributed by atoms with van der Waals surface area (Å²) in [6.45, 7) is 5.17. The standard InChI is InChI=1S/C13H23NO5.C8H14ClN2O2/c1-13(2,3)19-12(18)14-9(10(15)11(16)17)7-8-5-4-6-8;9-11-6(7(12)8(10)13)4-5-2-1-3-5/h8-10,15H,4-7H2,1-3H3,(H,14,18)(H,16,17);5-7,12H,1-4H2,(H2,10,13)/q;-1. The van der Waals surface area contributed by atoms with Gasteiger partial charge in [0.1, 0.15) is 11.7 Å². The van der Waals surface area contributed by atoms with Crippen molar-refractivity contribution in [3.63, 3.8) is 0 Å². The molecule has 0 heterocycles. The first-order valence-electron chi connectivity index (χ1n) is 11.0. The molecule has 0 aromatic heterocycles. The lowest BCUT2D eigenvalue weighted by atomic mass is 9.80. The van der Waals surface area contributed by atoms with Gasteiger partial charge in [-0.25, -0.2) is 9.59 Å². The normalized spacial score (nSPS) is 20.3. The number of alkyl carbamates (subject to hydrolysis) is 1. The molecule has 4 unspecified atom stereocenters. The second-order valence-corrected chi connectivity index (χ2v) is 9.81. The van der Waals surface area contributed by atoms with Crippen molar-refractivity contribution in [3.8, 4) is 0 Å². The zero-order chi connectivity index (χ0) is 24.5. The first-order chi connectivity index (χ1) is 14.8. The Morgan fingerprint density at radius 1 is 1.06 bits per heavy atom. The molecule has 2 fully saturated rings. The number of rotatable bonds is 10. The van der Waals surface area contributed by atoms with E-state index in [1.807, 2.05) is 0 Å². The Bertz CT molecular complexity index is 621. The predicted octanol–water partition coefficient (Wildman–Crippen LogP) is 2.43. The van der Waals surface area contributed by atoms with Gasteiger partial charge >= 0.3 is 12.1 Å². The van der Waals surface area contributed by atoms with E-state index in [9.17, 15) is 24.6 Å². The third-order valence-electron chi connectivity index (χ3n) is 5.73. The Morgan fingerprint density at radius 2 is 1.56 bits per heavy atom. The van der Waals surface area contributed by atoms with Crippen LogP contribution in [0.3, 0.4) is 0 Å². The molecular formula is C21H37ClN3O7-. The van der Waals surface area contributed by atoms with Gasteiger partial charge in [-0.1, -0.05) is 51.0 Å². The molecule has 0 aromatic rings. The van der Waals surface area contributed by atoms with Crippen LogP contribution in [0.15, 0.2) is 0 Å². The molecule has 2 aliphatic carbocycles. The van der Waals surface area contributed by atoms with Gasteiger partial charge in [-0.05, 0) is 39.0 Å². The third-order valence-corrected chi connectivity index (χ3v) is 5.98. The molecule has 2 aliphatic rings. The van der Waals surface area contributed by atoms with Gasteiger partial charge in [0.2, 0.25) is 5.91 Å². The molecule has 4 atom stereocenters. The molecule has 2 amide bonds. The van der Waals surface area contributed by atoms with Gasteiger partial charge < -0.3 is 35.9 Å². The number of aliphatic hydroxyl groups excluding tert-OH is 2. The maximum Gasteiger partial charge on any atom is 0.407 e. The molecule has 0 radical (unpaired) electrons. The molecule has 32 heavy (non-hydrogen) atoms. The summed E-state index contributed by atoms with van der Waals surface area (Å²) in [4.78, 5) is 36.6. The Balaban J connectivity index is 0.000000343. The van der Waals surface area contributed by atoms with Gasteiger partial charge in [-0.15, -0.1) is 0 Å². The average Bonchev–Trinajstić information content (AvgIpc) is 2.60. The van der Waals surface area contributed by atoms with Gasteiger partial charge in [0, 0.05) is 0 Å². The predicted molar refractivity (Wildman–Crippen MR) is 119 cm³/mol. The highest BCUT2D eigenvalue weighted by molar-refractivity contribution is 6.25. The Morgan fingerprint density at radius 3 is 1.91 bits per heavy atom. The highest BCUT2D eigenvalue weighted by atomic mass is 35.5. The van der Waals surface area contributed by atoms with Crippen LogP contribution in [0, 0.1) is 11.8 Å². The maximum absolute atomic E-state index is 11.6. The van der Waals surface area contributed by atoms with E-state index in [0.29, 0.717) is 24.7 Å². The SMILES string of the molecule is CC(C)(C)OC(=O)NC(CC1CCC1)C(O)C(=O)O.NC(=O)C(O)C(CC1CCC1)[N-]Cl. The molecule has 6 N–H and O–H groups in total. The second kappa shape index (κ2) is 13.2. The van der Waals surface area contributed by atoms with E-state index >= 15 is 0 Å². The number of amides is 2. The van der Waals surface area contributed by atoms with Crippen molar-refractivity contribution in [1.82, 2.24) is 5.32 Å². The Kier molecular flexibility index (Phi) is 11.7. The number of carboxylic acids is 1. The third kappa shape index (κ3) is 10.3. The lowest BCUT2D eigenvalue weighted by Crippen LogP contribution is -2.49. The summed E-state index contributed by atoms with van der Waals surface area (Å²) in [5.41, 5.74) is 4.29. The van der Waals surface area contributed by atoms with E-state index in [2.05, 4.69) is 10.2 Å². The lowest BCUT2D eigenvalue weighted by Gasteiger charge is -2.36. The van der Waals surface area contributed by atoms with Crippen LogP contribution in [0.2, 0.25) is 0 Å². The van der Waals surface area contributed by atoms with E-state index in [-0.39, 0.29) is 0 Å². The number of primary amides is 1. The molecule has 0 bridgehead atoms. The van der Waals surface area contributed by atoms with E-state index in [0.717, 1.165) is 32.1 Å². The van der Waals surface area contributed by atoms with Gasteiger partial charge in [0.15, 0.2) is 6.10 Å². The zero-order valence-electron chi connectivity index (χ0n) is 19.0. The summed E-state index contributed by atoms with van der Waals surface area (Å²) in [7, 11) is 0. The van der Waals surface area contributed by atoms with Gasteiger partial charge in [-0.3, -0.25) is 16.6 Å². The number of nitrogens with two attached hydrogens (primary N) is 1. The fraction of sp³-hybridized carbons (Fsp3) is 0.857. The molecule has 0 saturated heterocycles. The minimum atomic E-state index is -1.60. The van der Waals surface area contributed by atoms with E-state index in [1.54, 1.807) is 20.8 Å². The molecule has 0 aliphatic heterocycles. The van der Waals surface area contributed by atoms with E-state index in [4.69, 9.17) is 27.4 Å².